The number of hydrogen-bond donors (Lipinski definition) is 0. The highest BCUT2D eigenvalue weighted by Gasteiger charge is 2.49. The quantitative estimate of drug-likeness (QED) is 0.224. The van der Waals surface area contributed by atoms with Gasteiger partial charge in [0, 0.05) is 17.0 Å². The summed E-state index contributed by atoms with van der Waals surface area (Å²) in [6, 6.07) is 1.33. The maximum Gasteiger partial charge on any atom is 0.511 e. The number of carbonyl (C=O) groups excluding carboxylic acids is 2. The van der Waals surface area contributed by atoms with E-state index in [1.165, 1.54) is 13.0 Å². The predicted octanol–water partition coefficient (Wildman–Crippen LogP) is 4.30. The van der Waals surface area contributed by atoms with Gasteiger partial charge in [-0.25, -0.2) is 9.59 Å². The molecule has 33 heavy (non-hydrogen) atoms. The number of fused-ring (bicyclic) bond motifs is 1. The van der Waals surface area contributed by atoms with Gasteiger partial charge in [0.05, 0.1) is 12.2 Å². The Kier molecular flexibility index (Phi) is 8.36. The average Bonchev–Trinajstić information content (AvgIpc) is 2.70. The van der Waals surface area contributed by atoms with E-state index in [1.54, 1.807) is 13.8 Å². The monoisotopic (exact) mass is 497 g/mol. The third-order valence-electron chi connectivity index (χ3n) is 4.44. The zero-order valence-electron chi connectivity index (χ0n) is 17.6. The van der Waals surface area contributed by atoms with Crippen LogP contribution in [0.2, 0.25) is 5.02 Å². The molecule has 0 saturated heterocycles. The average molecular weight is 498 g/mol. The van der Waals surface area contributed by atoms with Gasteiger partial charge in [0.25, 0.3) is 5.09 Å². The second-order valence-electron chi connectivity index (χ2n) is 6.90. The first-order valence-electron chi connectivity index (χ1n) is 9.33. The number of rotatable bonds is 8. The molecule has 10 nitrogen and oxygen atoms in total. The highest BCUT2D eigenvalue weighted by Crippen LogP contribution is 2.41. The van der Waals surface area contributed by atoms with Crippen LogP contribution < -0.4 is 4.74 Å². The van der Waals surface area contributed by atoms with Crippen LogP contribution >= 0.6 is 11.6 Å². The minimum atomic E-state index is -4.94. The van der Waals surface area contributed by atoms with E-state index in [0.717, 1.165) is 6.08 Å². The topological polar surface area (TPSA) is 123 Å². The van der Waals surface area contributed by atoms with E-state index >= 15 is 0 Å². The fraction of sp³-hybridized carbons (Fsp3) is 0.474. The summed E-state index contributed by atoms with van der Waals surface area (Å²) in [4.78, 5) is 38.0. The number of aryl methyl sites for hydroxylation is 1. The van der Waals surface area contributed by atoms with E-state index in [0.29, 0.717) is 16.1 Å². The number of alkyl halides is 3. The molecule has 14 heteroatoms. The fourth-order valence-electron chi connectivity index (χ4n) is 2.81. The third kappa shape index (κ3) is 6.88. The Balaban J connectivity index is 2.04. The molecule has 0 amide bonds. The van der Waals surface area contributed by atoms with E-state index in [-0.39, 0.29) is 24.3 Å². The van der Waals surface area contributed by atoms with Gasteiger partial charge in [0.1, 0.15) is 11.9 Å². The Labute approximate surface area is 190 Å². The highest BCUT2D eigenvalue weighted by molar-refractivity contribution is 6.32. The smallest absolute Gasteiger partial charge is 0.475 e. The Morgan fingerprint density at radius 2 is 1.97 bits per heavy atom. The van der Waals surface area contributed by atoms with Crippen molar-refractivity contribution < 1.29 is 51.6 Å². The van der Waals surface area contributed by atoms with Gasteiger partial charge in [-0.15, -0.1) is 10.1 Å². The molecule has 0 aromatic heterocycles. The van der Waals surface area contributed by atoms with Crippen molar-refractivity contribution >= 4 is 29.8 Å². The lowest BCUT2D eigenvalue weighted by Gasteiger charge is -2.29. The summed E-state index contributed by atoms with van der Waals surface area (Å²) in [5, 5.41) is 9.34. The molecule has 0 saturated carbocycles. The molecule has 2 atom stereocenters. The highest BCUT2D eigenvalue weighted by atomic mass is 35.5. The molecule has 2 rings (SSSR count). The van der Waals surface area contributed by atoms with E-state index in [2.05, 4.69) is 14.3 Å². The number of benzene rings is 1. The largest absolute Gasteiger partial charge is 0.511 e. The van der Waals surface area contributed by atoms with Gasteiger partial charge in [-0.1, -0.05) is 11.6 Å². The molecule has 1 aliphatic rings. The van der Waals surface area contributed by atoms with Crippen LogP contribution in [0.3, 0.4) is 0 Å². The van der Waals surface area contributed by atoms with Gasteiger partial charge in [0.15, 0.2) is 0 Å². The molecule has 1 heterocycles. The molecule has 0 aliphatic carbocycles. The molecule has 1 aromatic carbocycles. The minimum Gasteiger partial charge on any atom is -0.475 e. The summed E-state index contributed by atoms with van der Waals surface area (Å²) in [5.74, 6) is -1.53. The van der Waals surface area contributed by atoms with Gasteiger partial charge in [0.2, 0.25) is 12.9 Å². The Hall–Kier alpha value is -3.22. The number of ether oxygens (including phenoxy) is 4. The van der Waals surface area contributed by atoms with Crippen molar-refractivity contribution in [2.24, 2.45) is 0 Å². The first-order chi connectivity index (χ1) is 15.3. The molecule has 0 unspecified atom stereocenters. The molecular formula is C19H19ClF3NO9. The van der Waals surface area contributed by atoms with Gasteiger partial charge in [-0.05, 0) is 44.0 Å². The maximum atomic E-state index is 13.5. The van der Waals surface area contributed by atoms with Gasteiger partial charge in [-0.2, -0.15) is 13.2 Å². The molecule has 1 aromatic rings. The lowest BCUT2D eigenvalue weighted by Crippen LogP contribution is -2.41. The minimum absolute atomic E-state index is 0.0336. The Morgan fingerprint density at radius 3 is 2.58 bits per heavy atom. The van der Waals surface area contributed by atoms with E-state index in [9.17, 15) is 32.9 Å². The first-order valence-corrected chi connectivity index (χ1v) is 9.71. The van der Waals surface area contributed by atoms with Crippen LogP contribution in [0.15, 0.2) is 11.6 Å². The molecule has 182 valence electrons. The van der Waals surface area contributed by atoms with Crippen molar-refractivity contribution in [3.8, 4) is 5.75 Å². The summed E-state index contributed by atoms with van der Waals surface area (Å²) in [6.45, 7) is 3.16. The standard InChI is InChI=1S/C19H19ClF3NO9/c1-9-6-14-12(11(3)15(9)20)7-13(16(33-14)19(21,22)23)17(25)29-8-30-18(26)32-10(2)4-5-31-24(27)28/h6-7,10,16H,4-5,8H2,1-3H3/t10-,16-/m0/s1. The SMILES string of the molecule is Cc1cc2c(c(C)c1Cl)C=C(C(=O)OCOC(=O)O[C@@H](C)CCO[N+](=O)[O-])[C@@H](C(F)(F)F)O2. The number of esters is 1. The second kappa shape index (κ2) is 10.6. The number of carbonyl (C=O) groups is 2. The lowest BCUT2D eigenvalue weighted by atomic mass is 9.96. The van der Waals surface area contributed by atoms with Crippen molar-refractivity contribution in [2.45, 2.75) is 45.6 Å². The van der Waals surface area contributed by atoms with E-state index in [4.69, 9.17) is 21.1 Å². The van der Waals surface area contributed by atoms with Crippen molar-refractivity contribution in [3.63, 3.8) is 0 Å². The second-order valence-corrected chi connectivity index (χ2v) is 7.28. The summed E-state index contributed by atoms with van der Waals surface area (Å²) < 4.78 is 59.4. The number of hydrogen-bond acceptors (Lipinski definition) is 9. The van der Waals surface area contributed by atoms with Crippen LogP contribution in [0.5, 0.6) is 5.75 Å². The molecule has 1 aliphatic heterocycles. The maximum absolute atomic E-state index is 13.5. The van der Waals surface area contributed by atoms with E-state index < -0.39 is 48.0 Å². The normalized spacial score (nSPS) is 16.0. The van der Waals surface area contributed by atoms with Crippen LogP contribution in [0.25, 0.3) is 6.08 Å². The molecular weight excluding hydrogens is 479 g/mol. The Morgan fingerprint density at radius 1 is 1.30 bits per heavy atom. The van der Waals surface area contributed by atoms with Gasteiger partial charge in [-0.3, -0.25) is 0 Å². The predicted molar refractivity (Wildman–Crippen MR) is 105 cm³/mol. The molecule has 0 radical (unpaired) electrons. The van der Waals surface area contributed by atoms with Gasteiger partial charge >= 0.3 is 18.3 Å². The van der Waals surface area contributed by atoms with E-state index in [1.807, 2.05) is 0 Å². The molecule has 0 spiro atoms. The third-order valence-corrected chi connectivity index (χ3v) is 5.02. The first kappa shape index (κ1) is 26.0. The van der Waals surface area contributed by atoms with Crippen molar-refractivity contribution in [3.05, 3.63) is 43.5 Å². The van der Waals surface area contributed by atoms with Crippen LogP contribution in [0.4, 0.5) is 18.0 Å². The zero-order valence-corrected chi connectivity index (χ0v) is 18.3. The van der Waals surface area contributed by atoms with Crippen molar-refractivity contribution in [1.29, 1.82) is 0 Å². The van der Waals surface area contributed by atoms with Crippen LogP contribution in [-0.2, 0) is 23.8 Å². The Bertz CT molecular complexity index is 965. The summed E-state index contributed by atoms with van der Waals surface area (Å²) in [5.41, 5.74) is 0.233. The summed E-state index contributed by atoms with van der Waals surface area (Å²) in [7, 11) is 0. The number of halogens is 4. The van der Waals surface area contributed by atoms with Crippen LogP contribution in [0, 0.1) is 24.0 Å². The van der Waals surface area contributed by atoms with Crippen LogP contribution in [0.1, 0.15) is 30.0 Å². The fourth-order valence-corrected chi connectivity index (χ4v) is 2.97. The zero-order chi connectivity index (χ0) is 24.9. The number of nitrogens with zero attached hydrogens (tertiary/aromatic N) is 1. The van der Waals surface area contributed by atoms with Crippen molar-refractivity contribution in [2.75, 3.05) is 13.4 Å². The molecule has 0 bridgehead atoms. The van der Waals surface area contributed by atoms with Crippen LogP contribution in [-0.4, -0.2) is 49.0 Å². The summed E-state index contributed by atoms with van der Waals surface area (Å²) in [6.07, 6.45) is -8.76. The van der Waals surface area contributed by atoms with Gasteiger partial charge < -0.3 is 23.8 Å². The van der Waals surface area contributed by atoms with Crippen molar-refractivity contribution in [1.82, 2.24) is 0 Å². The lowest BCUT2D eigenvalue weighted by molar-refractivity contribution is -0.758. The summed E-state index contributed by atoms with van der Waals surface area (Å²) >= 11 is 6.14. The molecule has 0 N–H and O–H groups in total. The molecule has 0 fully saturated rings.